The van der Waals surface area contributed by atoms with E-state index >= 15 is 0 Å². The van der Waals surface area contributed by atoms with Crippen LogP contribution in [0.1, 0.15) is 70.5 Å². The fourth-order valence-corrected chi connectivity index (χ4v) is 6.95. The van der Waals surface area contributed by atoms with E-state index in [-0.39, 0.29) is 46.2 Å². The first-order chi connectivity index (χ1) is 17.1. The molecule has 1 saturated carbocycles. The van der Waals surface area contributed by atoms with Crippen LogP contribution in [0.5, 0.6) is 11.5 Å². The first-order valence-electron chi connectivity index (χ1n) is 12.6. The van der Waals surface area contributed by atoms with E-state index in [0.29, 0.717) is 11.8 Å². The molecule has 7 rings (SSSR count). The average molecular weight is 509 g/mol. The van der Waals surface area contributed by atoms with Gasteiger partial charge in [-0.25, -0.2) is 0 Å². The van der Waals surface area contributed by atoms with Gasteiger partial charge in [-0.2, -0.15) is 0 Å². The van der Waals surface area contributed by atoms with E-state index in [2.05, 4.69) is 0 Å². The normalized spacial score (nSPS) is 33.2. The van der Waals surface area contributed by atoms with Crippen molar-refractivity contribution in [3.63, 3.8) is 0 Å². The summed E-state index contributed by atoms with van der Waals surface area (Å²) in [6.45, 7) is 10.9. The molecule has 5 aliphatic rings. The summed E-state index contributed by atoms with van der Waals surface area (Å²) < 4.78 is 25.3. The van der Waals surface area contributed by atoms with Crippen LogP contribution in [0.15, 0.2) is 39.8 Å². The van der Waals surface area contributed by atoms with Crippen LogP contribution in [0, 0.1) is 5.92 Å². The van der Waals surface area contributed by atoms with E-state index in [9.17, 15) is 19.8 Å². The van der Waals surface area contributed by atoms with Crippen molar-refractivity contribution >= 4 is 22.5 Å². The molecule has 1 aromatic heterocycles. The molecular weight excluding hydrogens is 476 g/mol. The second-order valence-corrected chi connectivity index (χ2v) is 12.1. The SMILES string of the molecule is COC12C=C3C(=O)c4c(O)cc5oc(C(C)(C)O)cc5c4OC34C(C1)C(C)(C)OC4(CC=C(C)C)C2=O. The van der Waals surface area contributed by atoms with Gasteiger partial charge in [0.25, 0.3) is 0 Å². The van der Waals surface area contributed by atoms with E-state index in [1.54, 1.807) is 26.0 Å². The number of benzene rings is 1. The third-order valence-corrected chi connectivity index (χ3v) is 8.66. The monoisotopic (exact) mass is 508 g/mol. The molecule has 0 radical (unpaired) electrons. The number of rotatable bonds is 4. The van der Waals surface area contributed by atoms with Gasteiger partial charge in [0, 0.05) is 31.1 Å². The maximum atomic E-state index is 14.3. The van der Waals surface area contributed by atoms with Crippen LogP contribution >= 0.6 is 0 Å². The van der Waals surface area contributed by atoms with Crippen molar-refractivity contribution in [2.45, 2.75) is 82.4 Å². The standard InChI is InChI=1S/C29H32O8/c1-14(2)8-9-28-24(32)27(34-7)12-16-22(31)21-17(30)11-18-15(10-20(35-18)25(3,4)33)23(21)36-29(16,28)19(13-27)26(5,6)37-28/h8,10-12,19,30,33H,9,13H2,1-7H3. The van der Waals surface area contributed by atoms with Crippen molar-refractivity contribution in [3.8, 4) is 11.5 Å². The number of Topliss-reactive ketones (excluding diaryl/α,β-unsaturated/α-hetero) is 2. The highest BCUT2D eigenvalue weighted by molar-refractivity contribution is 6.21. The zero-order chi connectivity index (χ0) is 26.9. The zero-order valence-electron chi connectivity index (χ0n) is 22.1. The highest BCUT2D eigenvalue weighted by atomic mass is 16.6. The number of methoxy groups -OCH3 is 1. The molecule has 2 aromatic rings. The van der Waals surface area contributed by atoms with Crippen molar-refractivity contribution in [3.05, 3.63) is 46.8 Å². The van der Waals surface area contributed by atoms with Crippen molar-refractivity contribution in [1.82, 2.24) is 0 Å². The number of ketones is 2. The number of phenolic OH excluding ortho intramolecular Hbond substituents is 1. The van der Waals surface area contributed by atoms with Crippen molar-refractivity contribution in [1.29, 1.82) is 0 Å². The van der Waals surface area contributed by atoms with Gasteiger partial charge in [-0.3, -0.25) is 9.59 Å². The van der Waals surface area contributed by atoms with Crippen molar-refractivity contribution in [2.24, 2.45) is 5.92 Å². The molecule has 4 atom stereocenters. The molecule has 2 fully saturated rings. The Balaban J connectivity index is 1.70. The second kappa shape index (κ2) is 6.92. The number of aliphatic hydroxyl groups is 1. The lowest BCUT2D eigenvalue weighted by atomic mass is 9.49. The maximum Gasteiger partial charge on any atom is 0.205 e. The molecule has 8 heteroatoms. The van der Waals surface area contributed by atoms with Gasteiger partial charge >= 0.3 is 0 Å². The van der Waals surface area contributed by atoms with E-state index < -0.39 is 39.7 Å². The van der Waals surface area contributed by atoms with Gasteiger partial charge in [0.05, 0.1) is 11.0 Å². The molecule has 196 valence electrons. The number of allylic oxidation sites excluding steroid dienone is 1. The lowest BCUT2D eigenvalue weighted by Gasteiger charge is -2.59. The number of carbonyl (C=O) groups excluding carboxylic acids is 2. The number of aromatic hydroxyl groups is 1. The van der Waals surface area contributed by atoms with Crippen LogP contribution in [0.25, 0.3) is 11.0 Å². The Morgan fingerprint density at radius 2 is 1.95 bits per heavy atom. The van der Waals surface area contributed by atoms with E-state index in [4.69, 9.17) is 18.6 Å². The van der Waals surface area contributed by atoms with E-state index in [1.165, 1.54) is 13.2 Å². The van der Waals surface area contributed by atoms with Crippen LogP contribution in [0.4, 0.5) is 0 Å². The van der Waals surface area contributed by atoms with Gasteiger partial charge in [-0.1, -0.05) is 11.6 Å². The molecule has 37 heavy (non-hydrogen) atoms. The van der Waals surface area contributed by atoms with E-state index in [0.717, 1.165) is 5.57 Å². The van der Waals surface area contributed by atoms with E-state index in [1.807, 2.05) is 33.8 Å². The number of phenols is 1. The molecule has 1 spiro atoms. The van der Waals surface area contributed by atoms with Gasteiger partial charge in [0.15, 0.2) is 17.0 Å². The van der Waals surface area contributed by atoms with Crippen molar-refractivity contribution in [2.75, 3.05) is 7.11 Å². The minimum atomic E-state index is -1.52. The van der Waals surface area contributed by atoms with Gasteiger partial charge in [0.1, 0.15) is 39.6 Å². The summed E-state index contributed by atoms with van der Waals surface area (Å²) in [6.07, 6.45) is 4.00. The fraction of sp³-hybridized carbons (Fsp3) is 0.517. The molecule has 1 saturated heterocycles. The molecule has 8 nitrogen and oxygen atoms in total. The maximum absolute atomic E-state index is 14.3. The Bertz CT molecular complexity index is 1460. The Kier molecular flexibility index (Phi) is 4.57. The van der Waals surface area contributed by atoms with Gasteiger partial charge < -0.3 is 28.8 Å². The van der Waals surface area contributed by atoms with Crippen LogP contribution < -0.4 is 4.74 Å². The minimum Gasteiger partial charge on any atom is -0.507 e. The molecule has 1 aromatic carbocycles. The first kappa shape index (κ1) is 24.4. The summed E-state index contributed by atoms with van der Waals surface area (Å²) in [4.78, 5) is 28.6. The number of furan rings is 1. The fourth-order valence-electron chi connectivity index (χ4n) is 6.95. The van der Waals surface area contributed by atoms with Crippen LogP contribution in [-0.4, -0.2) is 51.3 Å². The molecule has 3 heterocycles. The molecule has 3 aliphatic carbocycles. The predicted octanol–water partition coefficient (Wildman–Crippen LogP) is 4.50. The summed E-state index contributed by atoms with van der Waals surface area (Å²) >= 11 is 0. The van der Waals surface area contributed by atoms with Gasteiger partial charge in [-0.15, -0.1) is 0 Å². The number of carbonyl (C=O) groups is 2. The third-order valence-electron chi connectivity index (χ3n) is 8.66. The summed E-state index contributed by atoms with van der Waals surface area (Å²) in [7, 11) is 1.47. The topological polar surface area (TPSA) is 115 Å². The summed E-state index contributed by atoms with van der Waals surface area (Å²) in [5.41, 5.74) is -4.91. The summed E-state index contributed by atoms with van der Waals surface area (Å²) in [6, 6.07) is 2.98. The smallest absolute Gasteiger partial charge is 0.205 e. The van der Waals surface area contributed by atoms with Crippen LogP contribution in [-0.2, 0) is 19.9 Å². The van der Waals surface area contributed by atoms with Gasteiger partial charge in [0.2, 0.25) is 5.78 Å². The third kappa shape index (κ3) is 2.73. The van der Waals surface area contributed by atoms with Crippen LogP contribution in [0.3, 0.4) is 0 Å². The lowest BCUT2D eigenvalue weighted by molar-refractivity contribution is -0.189. The lowest BCUT2D eigenvalue weighted by Crippen LogP contribution is -2.77. The highest BCUT2D eigenvalue weighted by Crippen LogP contribution is 2.69. The van der Waals surface area contributed by atoms with Gasteiger partial charge in [-0.05, 0) is 60.1 Å². The Morgan fingerprint density at radius 1 is 1.24 bits per heavy atom. The second-order valence-electron chi connectivity index (χ2n) is 12.1. The molecule has 4 bridgehead atoms. The molecule has 0 amide bonds. The minimum absolute atomic E-state index is 0.00621. The largest absolute Gasteiger partial charge is 0.507 e. The van der Waals surface area contributed by atoms with Crippen LogP contribution in [0.2, 0.25) is 0 Å². The predicted molar refractivity (Wildman–Crippen MR) is 134 cm³/mol. The highest BCUT2D eigenvalue weighted by Gasteiger charge is 2.84. The molecule has 4 unspecified atom stereocenters. The number of ether oxygens (including phenoxy) is 3. The molecule has 2 aliphatic heterocycles. The number of hydrogen-bond donors (Lipinski definition) is 2. The number of fused-ring (bicyclic) bond motifs is 3. The Hall–Kier alpha value is -2.94. The Labute approximate surface area is 214 Å². The quantitative estimate of drug-likeness (QED) is 0.580. The summed E-state index contributed by atoms with van der Waals surface area (Å²) in [5.74, 6) is -1.03. The molecular formula is C29H32O8. The first-order valence-corrected chi connectivity index (χ1v) is 12.6. The number of hydrogen-bond acceptors (Lipinski definition) is 8. The zero-order valence-corrected chi connectivity index (χ0v) is 22.1. The molecule has 2 N–H and O–H groups in total. The summed E-state index contributed by atoms with van der Waals surface area (Å²) in [5, 5.41) is 22.0. The Morgan fingerprint density at radius 3 is 2.57 bits per heavy atom. The van der Waals surface area contributed by atoms with Crippen molar-refractivity contribution < 1.29 is 38.4 Å². The average Bonchev–Trinajstić information content (AvgIpc) is 3.30.